The van der Waals surface area contributed by atoms with Gasteiger partial charge >= 0.3 is 0 Å². The molecule has 102 valence electrons. The van der Waals surface area contributed by atoms with Crippen molar-refractivity contribution in [1.82, 2.24) is 10.2 Å². The molecular weight excluding hydrogens is 282 g/mol. The van der Waals surface area contributed by atoms with E-state index in [1.165, 1.54) is 17.3 Å². The minimum atomic E-state index is 0.609. The third-order valence-corrected chi connectivity index (χ3v) is 3.71. The highest BCUT2D eigenvalue weighted by atomic mass is 35.5. The summed E-state index contributed by atoms with van der Waals surface area (Å²) in [7, 11) is 0. The predicted molar refractivity (Wildman–Crippen MR) is 77.3 cm³/mol. The van der Waals surface area contributed by atoms with Gasteiger partial charge < -0.3 is 10.2 Å². The molecule has 1 heterocycles. The highest BCUT2D eigenvalue weighted by Crippen LogP contribution is 2.22. The van der Waals surface area contributed by atoms with Gasteiger partial charge in [0.25, 0.3) is 5.22 Å². The molecule has 19 heavy (non-hydrogen) atoms. The third kappa shape index (κ3) is 4.86. The smallest absolute Gasteiger partial charge is 0.276 e. The standard InChI is InChI=1S/C13H16ClN3OS/c14-11-6-4-10(5-7-11)9-19-13-17-16-12(18-13)3-1-2-8-15/h4-7H,1-3,8-9,15H2. The van der Waals surface area contributed by atoms with Crippen LogP contribution in [0, 0.1) is 0 Å². The van der Waals surface area contributed by atoms with Crippen LogP contribution in [0.25, 0.3) is 0 Å². The number of nitrogens with two attached hydrogens (primary N) is 1. The molecule has 0 aliphatic heterocycles. The van der Waals surface area contributed by atoms with E-state index in [1.54, 1.807) is 0 Å². The molecular formula is C13H16ClN3OS. The topological polar surface area (TPSA) is 64.9 Å². The fourth-order valence-corrected chi connectivity index (χ4v) is 2.41. The first kappa shape index (κ1) is 14.4. The van der Waals surface area contributed by atoms with Crippen molar-refractivity contribution in [2.45, 2.75) is 30.2 Å². The average molecular weight is 298 g/mol. The molecule has 4 nitrogen and oxygen atoms in total. The van der Waals surface area contributed by atoms with E-state index in [0.717, 1.165) is 30.0 Å². The molecule has 0 saturated heterocycles. The Morgan fingerprint density at radius 1 is 1.16 bits per heavy atom. The number of unbranched alkanes of at least 4 members (excludes halogenated alkanes) is 1. The van der Waals surface area contributed by atoms with Gasteiger partial charge in [-0.2, -0.15) is 0 Å². The number of halogens is 1. The average Bonchev–Trinajstić information content (AvgIpc) is 2.86. The number of rotatable bonds is 7. The number of hydrogen-bond donors (Lipinski definition) is 1. The number of aromatic nitrogens is 2. The van der Waals surface area contributed by atoms with Crippen LogP contribution in [0.4, 0.5) is 0 Å². The molecule has 2 N–H and O–H groups in total. The molecule has 0 radical (unpaired) electrons. The number of hydrogen-bond acceptors (Lipinski definition) is 5. The van der Waals surface area contributed by atoms with Gasteiger partial charge in [0, 0.05) is 17.2 Å². The van der Waals surface area contributed by atoms with E-state index < -0.39 is 0 Å². The summed E-state index contributed by atoms with van der Waals surface area (Å²) in [6.45, 7) is 0.701. The van der Waals surface area contributed by atoms with Crippen LogP contribution >= 0.6 is 23.4 Å². The van der Waals surface area contributed by atoms with E-state index in [2.05, 4.69) is 10.2 Å². The Morgan fingerprint density at radius 3 is 2.68 bits per heavy atom. The van der Waals surface area contributed by atoms with E-state index in [1.807, 2.05) is 24.3 Å². The van der Waals surface area contributed by atoms with Crippen molar-refractivity contribution in [3.05, 3.63) is 40.7 Å². The highest BCUT2D eigenvalue weighted by Gasteiger charge is 2.06. The summed E-state index contributed by atoms with van der Waals surface area (Å²) in [4.78, 5) is 0. The lowest BCUT2D eigenvalue weighted by molar-refractivity contribution is 0.408. The first-order valence-corrected chi connectivity index (χ1v) is 7.54. The maximum absolute atomic E-state index is 5.84. The maximum atomic E-state index is 5.84. The SMILES string of the molecule is NCCCCc1nnc(SCc2ccc(Cl)cc2)o1. The van der Waals surface area contributed by atoms with E-state index in [0.29, 0.717) is 17.7 Å². The molecule has 0 aliphatic rings. The molecule has 0 atom stereocenters. The van der Waals surface area contributed by atoms with Gasteiger partial charge in [-0.1, -0.05) is 35.5 Å². The van der Waals surface area contributed by atoms with Crippen molar-refractivity contribution in [2.24, 2.45) is 5.73 Å². The molecule has 1 aromatic heterocycles. The van der Waals surface area contributed by atoms with Gasteiger partial charge in [-0.3, -0.25) is 0 Å². The summed E-state index contributed by atoms with van der Waals surface area (Å²) in [5.41, 5.74) is 6.62. The third-order valence-electron chi connectivity index (χ3n) is 2.57. The van der Waals surface area contributed by atoms with Crippen LogP contribution in [0.2, 0.25) is 5.02 Å². The number of benzene rings is 1. The lowest BCUT2D eigenvalue weighted by Gasteiger charge is -1.98. The maximum Gasteiger partial charge on any atom is 0.276 e. The molecule has 2 rings (SSSR count). The molecule has 6 heteroatoms. The van der Waals surface area contributed by atoms with Crippen molar-refractivity contribution in [3.8, 4) is 0 Å². The second-order valence-electron chi connectivity index (χ2n) is 4.12. The van der Waals surface area contributed by atoms with Gasteiger partial charge in [0.1, 0.15) is 0 Å². The minimum Gasteiger partial charge on any atom is -0.416 e. The monoisotopic (exact) mass is 297 g/mol. The fourth-order valence-electron chi connectivity index (χ4n) is 1.54. The fraction of sp³-hybridized carbons (Fsp3) is 0.385. The summed E-state index contributed by atoms with van der Waals surface area (Å²) in [6.07, 6.45) is 2.77. The zero-order chi connectivity index (χ0) is 13.5. The Balaban J connectivity index is 1.81. The predicted octanol–water partition coefficient (Wildman–Crippen LogP) is 3.30. The Kier molecular flexibility index (Phi) is 5.69. The van der Waals surface area contributed by atoms with Crippen LogP contribution in [-0.2, 0) is 12.2 Å². The van der Waals surface area contributed by atoms with Gasteiger partial charge in [-0.05, 0) is 37.1 Å². The van der Waals surface area contributed by atoms with Crippen LogP contribution in [0.5, 0.6) is 0 Å². The van der Waals surface area contributed by atoms with Crippen molar-refractivity contribution in [1.29, 1.82) is 0 Å². The van der Waals surface area contributed by atoms with E-state index >= 15 is 0 Å². The Hall–Kier alpha value is -1.04. The van der Waals surface area contributed by atoms with E-state index in [-0.39, 0.29) is 0 Å². The molecule has 0 fully saturated rings. The molecule has 0 amide bonds. The molecule has 0 unspecified atom stereocenters. The van der Waals surface area contributed by atoms with Crippen LogP contribution in [0.1, 0.15) is 24.3 Å². The Morgan fingerprint density at radius 2 is 1.95 bits per heavy atom. The van der Waals surface area contributed by atoms with Gasteiger partial charge in [-0.25, -0.2) is 0 Å². The van der Waals surface area contributed by atoms with E-state index in [4.69, 9.17) is 21.8 Å². The Labute approximate surface area is 121 Å². The van der Waals surface area contributed by atoms with Gasteiger partial charge in [0.2, 0.25) is 5.89 Å². The zero-order valence-corrected chi connectivity index (χ0v) is 12.1. The summed E-state index contributed by atoms with van der Waals surface area (Å²) >= 11 is 7.37. The van der Waals surface area contributed by atoms with Crippen LogP contribution in [0.15, 0.2) is 33.9 Å². The Bertz CT molecular complexity index is 501. The normalized spacial score (nSPS) is 10.8. The molecule has 1 aromatic carbocycles. The summed E-state index contributed by atoms with van der Waals surface area (Å²) < 4.78 is 5.55. The van der Waals surface area contributed by atoms with Crippen molar-refractivity contribution < 1.29 is 4.42 Å². The van der Waals surface area contributed by atoms with Gasteiger partial charge in [0.05, 0.1) is 0 Å². The van der Waals surface area contributed by atoms with Gasteiger partial charge in [0.15, 0.2) is 0 Å². The van der Waals surface area contributed by atoms with E-state index in [9.17, 15) is 0 Å². The first-order chi connectivity index (χ1) is 9.28. The van der Waals surface area contributed by atoms with Crippen LogP contribution < -0.4 is 5.73 Å². The highest BCUT2D eigenvalue weighted by molar-refractivity contribution is 7.98. The molecule has 0 aliphatic carbocycles. The van der Waals surface area contributed by atoms with Crippen LogP contribution in [-0.4, -0.2) is 16.7 Å². The molecule has 0 bridgehead atoms. The quantitative estimate of drug-likeness (QED) is 0.627. The number of nitrogens with zero attached hydrogens (tertiary/aromatic N) is 2. The zero-order valence-electron chi connectivity index (χ0n) is 10.5. The summed E-state index contributed by atoms with van der Waals surface area (Å²) in [5, 5.41) is 9.38. The van der Waals surface area contributed by atoms with Crippen molar-refractivity contribution in [3.63, 3.8) is 0 Å². The minimum absolute atomic E-state index is 0.609. The van der Waals surface area contributed by atoms with Crippen molar-refractivity contribution >= 4 is 23.4 Å². The number of aryl methyl sites for hydroxylation is 1. The second kappa shape index (κ2) is 7.53. The molecule has 2 aromatic rings. The summed E-state index contributed by atoms with van der Waals surface area (Å²) in [5.74, 6) is 1.48. The second-order valence-corrected chi connectivity index (χ2v) is 5.49. The lowest BCUT2D eigenvalue weighted by atomic mass is 10.2. The van der Waals surface area contributed by atoms with Gasteiger partial charge in [-0.15, -0.1) is 10.2 Å². The largest absolute Gasteiger partial charge is 0.416 e. The first-order valence-electron chi connectivity index (χ1n) is 6.17. The van der Waals surface area contributed by atoms with Crippen LogP contribution in [0.3, 0.4) is 0 Å². The van der Waals surface area contributed by atoms with Crippen molar-refractivity contribution in [2.75, 3.05) is 6.54 Å². The number of thioether (sulfide) groups is 1. The molecule has 0 spiro atoms. The lowest BCUT2D eigenvalue weighted by Crippen LogP contribution is -1.98. The molecule has 0 saturated carbocycles. The summed E-state index contributed by atoms with van der Waals surface area (Å²) in [6, 6.07) is 7.74.